The smallest absolute Gasteiger partial charge is 0.258 e. The molecule has 1 amide bonds. The number of rotatable bonds is 8. The SMILES string of the molecule is Cc1ccc(C(C)C)c(OCC(=O)NC(C)CCc2cccn2C)c1. The Morgan fingerprint density at radius 2 is 2.00 bits per heavy atom. The molecule has 2 aromatic rings. The zero-order valence-electron chi connectivity index (χ0n) is 16.0. The van der Waals surface area contributed by atoms with Gasteiger partial charge < -0.3 is 14.6 Å². The summed E-state index contributed by atoms with van der Waals surface area (Å²) in [5.74, 6) is 1.10. The van der Waals surface area contributed by atoms with Crippen molar-refractivity contribution in [2.45, 2.75) is 52.5 Å². The largest absolute Gasteiger partial charge is 0.483 e. The fourth-order valence-electron chi connectivity index (χ4n) is 2.90. The van der Waals surface area contributed by atoms with Crippen LogP contribution in [0.25, 0.3) is 0 Å². The van der Waals surface area contributed by atoms with E-state index in [9.17, 15) is 4.79 Å². The van der Waals surface area contributed by atoms with Crippen molar-refractivity contribution in [3.05, 3.63) is 53.3 Å². The molecule has 0 aliphatic carbocycles. The first kappa shape index (κ1) is 19.1. The zero-order chi connectivity index (χ0) is 18.4. The average Bonchev–Trinajstić information content (AvgIpc) is 2.96. The van der Waals surface area contributed by atoms with Gasteiger partial charge in [-0.1, -0.05) is 26.0 Å². The van der Waals surface area contributed by atoms with E-state index in [0.29, 0.717) is 5.92 Å². The topological polar surface area (TPSA) is 43.3 Å². The van der Waals surface area contributed by atoms with Gasteiger partial charge in [-0.2, -0.15) is 0 Å². The zero-order valence-corrected chi connectivity index (χ0v) is 16.0. The van der Waals surface area contributed by atoms with Gasteiger partial charge in [0.05, 0.1) is 0 Å². The lowest BCUT2D eigenvalue weighted by Gasteiger charge is -2.17. The number of amides is 1. The van der Waals surface area contributed by atoms with Crippen molar-refractivity contribution in [2.75, 3.05) is 6.61 Å². The lowest BCUT2D eigenvalue weighted by Crippen LogP contribution is -2.36. The van der Waals surface area contributed by atoms with Crippen LogP contribution in [0, 0.1) is 6.92 Å². The van der Waals surface area contributed by atoms with Crippen LogP contribution in [0.3, 0.4) is 0 Å². The molecule has 1 unspecified atom stereocenters. The van der Waals surface area contributed by atoms with Crippen LogP contribution < -0.4 is 10.1 Å². The number of aromatic nitrogens is 1. The highest BCUT2D eigenvalue weighted by atomic mass is 16.5. The van der Waals surface area contributed by atoms with Gasteiger partial charge in [0.2, 0.25) is 0 Å². The van der Waals surface area contributed by atoms with Gasteiger partial charge in [0.25, 0.3) is 5.91 Å². The minimum atomic E-state index is -0.0735. The van der Waals surface area contributed by atoms with E-state index in [2.05, 4.69) is 41.9 Å². The number of hydrogen-bond acceptors (Lipinski definition) is 2. The molecular weight excluding hydrogens is 312 g/mol. The van der Waals surface area contributed by atoms with Crippen LogP contribution in [0.15, 0.2) is 36.5 Å². The first-order chi connectivity index (χ1) is 11.9. The Morgan fingerprint density at radius 3 is 2.64 bits per heavy atom. The van der Waals surface area contributed by atoms with Crippen LogP contribution in [0.2, 0.25) is 0 Å². The Labute approximate surface area is 151 Å². The van der Waals surface area contributed by atoms with Gasteiger partial charge in [-0.25, -0.2) is 0 Å². The van der Waals surface area contributed by atoms with Gasteiger partial charge >= 0.3 is 0 Å². The molecule has 1 heterocycles. The molecule has 0 aliphatic rings. The van der Waals surface area contributed by atoms with Crippen molar-refractivity contribution in [3.8, 4) is 5.75 Å². The summed E-state index contributed by atoms with van der Waals surface area (Å²) >= 11 is 0. The van der Waals surface area contributed by atoms with Crippen LogP contribution in [-0.2, 0) is 18.3 Å². The fraction of sp³-hybridized carbons (Fsp3) is 0.476. The molecule has 0 bridgehead atoms. The molecule has 1 aromatic heterocycles. The fourth-order valence-corrected chi connectivity index (χ4v) is 2.90. The summed E-state index contributed by atoms with van der Waals surface area (Å²) in [6.45, 7) is 8.37. The van der Waals surface area contributed by atoms with Gasteiger partial charge in [-0.15, -0.1) is 0 Å². The summed E-state index contributed by atoms with van der Waals surface area (Å²) in [5, 5.41) is 3.02. The lowest BCUT2D eigenvalue weighted by atomic mass is 10.0. The molecule has 1 aromatic carbocycles. The molecular formula is C21H30N2O2. The predicted octanol–water partition coefficient (Wildman–Crippen LogP) is 3.97. The second kappa shape index (κ2) is 8.75. The Hall–Kier alpha value is -2.23. The summed E-state index contributed by atoms with van der Waals surface area (Å²) in [6, 6.07) is 10.4. The molecule has 0 fully saturated rings. The second-order valence-electron chi connectivity index (χ2n) is 7.10. The number of benzene rings is 1. The molecule has 0 aliphatic heterocycles. The molecule has 25 heavy (non-hydrogen) atoms. The van der Waals surface area contributed by atoms with E-state index in [1.165, 1.54) is 5.69 Å². The van der Waals surface area contributed by atoms with Crippen molar-refractivity contribution in [1.29, 1.82) is 0 Å². The molecule has 2 rings (SSSR count). The first-order valence-electron chi connectivity index (χ1n) is 8.99. The summed E-state index contributed by atoms with van der Waals surface area (Å²) in [6.07, 6.45) is 3.90. The van der Waals surface area contributed by atoms with Gasteiger partial charge in [0, 0.05) is 25.0 Å². The molecule has 4 nitrogen and oxygen atoms in total. The monoisotopic (exact) mass is 342 g/mol. The number of nitrogens with one attached hydrogen (secondary N) is 1. The number of hydrogen-bond donors (Lipinski definition) is 1. The predicted molar refractivity (Wildman–Crippen MR) is 102 cm³/mol. The Balaban J connectivity index is 1.82. The van der Waals surface area contributed by atoms with Crippen molar-refractivity contribution < 1.29 is 9.53 Å². The molecule has 0 saturated carbocycles. The number of carbonyl (C=O) groups excluding carboxylic acids is 1. The Kier molecular flexibility index (Phi) is 6.68. The van der Waals surface area contributed by atoms with E-state index >= 15 is 0 Å². The van der Waals surface area contributed by atoms with Crippen LogP contribution in [-0.4, -0.2) is 23.1 Å². The third-order valence-corrected chi connectivity index (χ3v) is 4.44. The van der Waals surface area contributed by atoms with Gasteiger partial charge in [-0.05, 0) is 61.9 Å². The normalized spacial score (nSPS) is 12.2. The van der Waals surface area contributed by atoms with Gasteiger partial charge in [0.1, 0.15) is 5.75 Å². The first-order valence-corrected chi connectivity index (χ1v) is 8.99. The van der Waals surface area contributed by atoms with E-state index < -0.39 is 0 Å². The minimum Gasteiger partial charge on any atom is -0.483 e. The highest BCUT2D eigenvalue weighted by Gasteiger charge is 2.12. The quantitative estimate of drug-likeness (QED) is 0.789. The van der Waals surface area contributed by atoms with E-state index in [-0.39, 0.29) is 18.6 Å². The second-order valence-corrected chi connectivity index (χ2v) is 7.10. The molecule has 136 valence electrons. The maximum Gasteiger partial charge on any atom is 0.258 e. The van der Waals surface area contributed by atoms with Gasteiger partial charge in [0.15, 0.2) is 6.61 Å². The van der Waals surface area contributed by atoms with Crippen LogP contribution in [0.1, 0.15) is 49.9 Å². The molecule has 0 spiro atoms. The standard InChI is InChI=1S/C21H30N2O2/c1-15(2)19-11-8-16(3)13-20(19)25-14-21(24)22-17(4)9-10-18-7-6-12-23(18)5/h6-8,11-13,15,17H,9-10,14H2,1-5H3,(H,22,24). The summed E-state index contributed by atoms with van der Waals surface area (Å²) in [5.41, 5.74) is 3.55. The van der Waals surface area contributed by atoms with E-state index in [1.807, 2.05) is 39.2 Å². The third kappa shape index (κ3) is 5.66. The number of aryl methyl sites for hydroxylation is 3. The van der Waals surface area contributed by atoms with Crippen LogP contribution in [0.4, 0.5) is 0 Å². The maximum atomic E-state index is 12.2. The maximum absolute atomic E-state index is 12.2. The summed E-state index contributed by atoms with van der Waals surface area (Å²) in [7, 11) is 2.04. The molecule has 4 heteroatoms. The number of nitrogens with zero attached hydrogens (tertiary/aromatic N) is 1. The average molecular weight is 342 g/mol. The highest BCUT2D eigenvalue weighted by Crippen LogP contribution is 2.27. The summed E-state index contributed by atoms with van der Waals surface area (Å²) in [4.78, 5) is 12.2. The van der Waals surface area contributed by atoms with Crippen molar-refractivity contribution in [3.63, 3.8) is 0 Å². The molecule has 0 saturated heterocycles. The van der Waals surface area contributed by atoms with Crippen molar-refractivity contribution in [2.24, 2.45) is 7.05 Å². The van der Waals surface area contributed by atoms with Gasteiger partial charge in [-0.3, -0.25) is 4.79 Å². The Bertz CT molecular complexity index is 704. The van der Waals surface area contributed by atoms with E-state index in [1.54, 1.807) is 0 Å². The number of ether oxygens (including phenoxy) is 1. The van der Waals surface area contributed by atoms with E-state index in [0.717, 1.165) is 29.7 Å². The highest BCUT2D eigenvalue weighted by molar-refractivity contribution is 5.77. The van der Waals surface area contributed by atoms with Crippen LogP contribution in [0.5, 0.6) is 5.75 Å². The molecule has 1 atom stereocenters. The Morgan fingerprint density at radius 1 is 1.24 bits per heavy atom. The summed E-state index contributed by atoms with van der Waals surface area (Å²) < 4.78 is 7.91. The van der Waals surface area contributed by atoms with E-state index in [4.69, 9.17) is 4.74 Å². The van der Waals surface area contributed by atoms with Crippen LogP contribution >= 0.6 is 0 Å². The van der Waals surface area contributed by atoms with Crippen molar-refractivity contribution >= 4 is 5.91 Å². The van der Waals surface area contributed by atoms with Crippen molar-refractivity contribution in [1.82, 2.24) is 9.88 Å². The number of carbonyl (C=O) groups is 1. The molecule has 1 N–H and O–H groups in total. The third-order valence-electron chi connectivity index (χ3n) is 4.44. The minimum absolute atomic E-state index is 0.0532. The molecule has 0 radical (unpaired) electrons. The lowest BCUT2D eigenvalue weighted by molar-refractivity contribution is -0.123.